The van der Waals surface area contributed by atoms with E-state index in [1.54, 1.807) is 4.90 Å². The van der Waals surface area contributed by atoms with E-state index in [-0.39, 0.29) is 24.6 Å². The lowest BCUT2D eigenvalue weighted by atomic mass is 10.0. The van der Waals surface area contributed by atoms with Gasteiger partial charge in [0.15, 0.2) is 0 Å². The van der Waals surface area contributed by atoms with E-state index in [9.17, 15) is 15.0 Å². The predicted molar refractivity (Wildman–Crippen MR) is 65.6 cm³/mol. The van der Waals surface area contributed by atoms with Crippen LogP contribution >= 0.6 is 0 Å². The zero-order valence-electron chi connectivity index (χ0n) is 10.8. The Morgan fingerprint density at radius 3 is 2.80 bits per heavy atom. The molecule has 20 heavy (non-hydrogen) atoms. The monoisotopic (exact) mass is 288 g/mol. The van der Waals surface area contributed by atoms with Gasteiger partial charge in [-0.3, -0.25) is 20.7 Å². The molecule has 3 aliphatic rings. The van der Waals surface area contributed by atoms with Crippen LogP contribution in [0, 0.1) is 5.92 Å². The van der Waals surface area contributed by atoms with Gasteiger partial charge < -0.3 is 25.4 Å². The number of nitrogens with two attached hydrogens (primary N) is 1. The maximum atomic E-state index is 11.9. The lowest BCUT2D eigenvalue weighted by Crippen LogP contribution is -2.68. The third-order valence-corrected chi connectivity index (χ3v) is 4.27. The van der Waals surface area contributed by atoms with Crippen LogP contribution in [0.3, 0.4) is 0 Å². The quantitative estimate of drug-likeness (QED) is 0.302. The van der Waals surface area contributed by atoms with Crippen LogP contribution in [0.2, 0.25) is 0 Å². The van der Waals surface area contributed by atoms with E-state index in [1.807, 2.05) is 0 Å². The van der Waals surface area contributed by atoms with Crippen molar-refractivity contribution < 1.29 is 24.9 Å². The second-order valence-electron chi connectivity index (χ2n) is 5.46. The molecule has 7 atom stereocenters. The standard InChI is InChI=1S/C11H20N4O5/c12-11-13-8-4(9(19)14-11)1-2-15(8)10-7(18)6(17)5(3-16)20-10/h4-8,10-11,13,16-18H,1-3,12H2,(H,14,19)/t4?,5-,6-,7-,8?,10-,11?/m1/s1. The number of fused-ring (bicyclic) bond motifs is 1. The number of carbonyl (C=O) groups is 1. The van der Waals surface area contributed by atoms with E-state index in [0.29, 0.717) is 13.0 Å². The van der Waals surface area contributed by atoms with Crippen molar-refractivity contribution in [2.45, 2.75) is 43.4 Å². The van der Waals surface area contributed by atoms with Gasteiger partial charge in [-0.15, -0.1) is 0 Å². The molecule has 3 saturated heterocycles. The van der Waals surface area contributed by atoms with E-state index < -0.39 is 30.8 Å². The summed E-state index contributed by atoms with van der Waals surface area (Å²) >= 11 is 0. The van der Waals surface area contributed by atoms with Gasteiger partial charge in [-0.05, 0) is 6.42 Å². The summed E-state index contributed by atoms with van der Waals surface area (Å²) < 4.78 is 5.50. The molecule has 0 aromatic heterocycles. The molecule has 7 N–H and O–H groups in total. The Morgan fingerprint density at radius 2 is 2.15 bits per heavy atom. The van der Waals surface area contributed by atoms with Crippen LogP contribution in [0.4, 0.5) is 0 Å². The third kappa shape index (κ3) is 2.11. The molecule has 3 fully saturated rings. The van der Waals surface area contributed by atoms with Crippen molar-refractivity contribution in [3.05, 3.63) is 0 Å². The van der Waals surface area contributed by atoms with E-state index in [4.69, 9.17) is 15.6 Å². The summed E-state index contributed by atoms with van der Waals surface area (Å²) in [4.78, 5) is 13.6. The second kappa shape index (κ2) is 5.19. The van der Waals surface area contributed by atoms with Gasteiger partial charge in [0.1, 0.15) is 30.8 Å². The molecular formula is C11H20N4O5. The second-order valence-corrected chi connectivity index (χ2v) is 5.46. The summed E-state index contributed by atoms with van der Waals surface area (Å²) in [5, 5.41) is 34.6. The fourth-order valence-corrected chi connectivity index (χ4v) is 3.23. The Bertz CT molecular complexity index is 397. The van der Waals surface area contributed by atoms with Crippen molar-refractivity contribution in [2.24, 2.45) is 11.7 Å². The van der Waals surface area contributed by atoms with Gasteiger partial charge in [0, 0.05) is 6.54 Å². The van der Waals surface area contributed by atoms with Gasteiger partial charge in [0.2, 0.25) is 5.91 Å². The topological polar surface area (TPSA) is 140 Å². The molecule has 3 heterocycles. The van der Waals surface area contributed by atoms with Gasteiger partial charge in [-0.25, -0.2) is 0 Å². The lowest BCUT2D eigenvalue weighted by molar-refractivity contribution is -0.137. The van der Waals surface area contributed by atoms with Crippen molar-refractivity contribution >= 4 is 5.91 Å². The summed E-state index contributed by atoms with van der Waals surface area (Å²) in [5.74, 6) is -0.397. The predicted octanol–water partition coefficient (Wildman–Crippen LogP) is -3.96. The van der Waals surface area contributed by atoms with Crippen LogP contribution in [0.1, 0.15) is 6.42 Å². The molecule has 3 aliphatic heterocycles. The van der Waals surface area contributed by atoms with Crippen molar-refractivity contribution in [3.8, 4) is 0 Å². The average molecular weight is 288 g/mol. The van der Waals surface area contributed by atoms with E-state index >= 15 is 0 Å². The number of amides is 1. The largest absolute Gasteiger partial charge is 0.394 e. The first kappa shape index (κ1) is 14.1. The molecule has 0 aromatic rings. The first-order valence-electron chi connectivity index (χ1n) is 6.73. The molecule has 3 rings (SSSR count). The first-order valence-corrected chi connectivity index (χ1v) is 6.73. The van der Waals surface area contributed by atoms with Crippen molar-refractivity contribution in [1.82, 2.24) is 15.5 Å². The molecule has 3 unspecified atom stereocenters. The fourth-order valence-electron chi connectivity index (χ4n) is 3.23. The minimum absolute atomic E-state index is 0.129. The van der Waals surface area contributed by atoms with Crippen LogP contribution < -0.4 is 16.4 Å². The van der Waals surface area contributed by atoms with Gasteiger partial charge in [0.25, 0.3) is 0 Å². The van der Waals surface area contributed by atoms with Gasteiger partial charge in [-0.1, -0.05) is 0 Å². The highest BCUT2D eigenvalue weighted by Gasteiger charge is 2.52. The maximum Gasteiger partial charge on any atom is 0.228 e. The summed E-state index contributed by atoms with van der Waals surface area (Å²) in [5.41, 5.74) is 5.70. The van der Waals surface area contributed by atoms with Crippen molar-refractivity contribution in [2.75, 3.05) is 13.2 Å². The number of ether oxygens (including phenoxy) is 1. The first-order chi connectivity index (χ1) is 9.52. The Morgan fingerprint density at radius 1 is 1.40 bits per heavy atom. The number of nitrogens with zero attached hydrogens (tertiary/aromatic N) is 1. The lowest BCUT2D eigenvalue weighted by Gasteiger charge is -2.38. The molecule has 0 bridgehead atoms. The Kier molecular flexibility index (Phi) is 3.67. The van der Waals surface area contributed by atoms with Crippen molar-refractivity contribution in [3.63, 3.8) is 0 Å². The Hall–Kier alpha value is -0.810. The normalized spacial score (nSPS) is 49.2. The number of carbonyl (C=O) groups excluding carboxylic acids is 1. The number of aliphatic hydroxyl groups is 3. The minimum Gasteiger partial charge on any atom is -0.394 e. The Labute approximate surface area is 115 Å². The maximum absolute atomic E-state index is 11.9. The zero-order valence-corrected chi connectivity index (χ0v) is 10.8. The molecule has 1 amide bonds. The van der Waals surface area contributed by atoms with Crippen LogP contribution in [0.25, 0.3) is 0 Å². The van der Waals surface area contributed by atoms with E-state index in [0.717, 1.165) is 0 Å². The highest BCUT2D eigenvalue weighted by molar-refractivity contribution is 5.80. The number of likely N-dealkylation sites (tertiary alicyclic amines) is 1. The molecule has 0 aliphatic carbocycles. The summed E-state index contributed by atoms with van der Waals surface area (Å²) in [6.45, 7) is 0.166. The molecule has 9 heteroatoms. The zero-order chi connectivity index (χ0) is 14.4. The van der Waals surface area contributed by atoms with Crippen LogP contribution in [-0.2, 0) is 9.53 Å². The van der Waals surface area contributed by atoms with Crippen LogP contribution in [0.15, 0.2) is 0 Å². The molecule has 0 radical (unpaired) electrons. The highest BCUT2D eigenvalue weighted by atomic mass is 16.6. The Balaban J connectivity index is 1.76. The van der Waals surface area contributed by atoms with Gasteiger partial charge in [-0.2, -0.15) is 0 Å². The van der Waals surface area contributed by atoms with E-state index in [1.165, 1.54) is 0 Å². The average Bonchev–Trinajstić information content (AvgIpc) is 2.93. The van der Waals surface area contributed by atoms with Crippen LogP contribution in [0.5, 0.6) is 0 Å². The molecule has 9 nitrogen and oxygen atoms in total. The number of aliphatic hydroxyl groups excluding tert-OH is 3. The summed E-state index contributed by atoms with van der Waals surface area (Å²) in [6, 6.07) is 0. The number of hydrogen-bond acceptors (Lipinski definition) is 8. The van der Waals surface area contributed by atoms with E-state index in [2.05, 4.69) is 10.6 Å². The fraction of sp³-hybridized carbons (Fsp3) is 0.909. The third-order valence-electron chi connectivity index (χ3n) is 4.27. The van der Waals surface area contributed by atoms with Crippen LogP contribution in [-0.4, -0.2) is 76.3 Å². The SMILES string of the molecule is NC1NC(=O)C2CCN([C@@H]3O[C@H](CO)[C@@H](O)[C@H]3O)C2N1. The molecule has 0 spiro atoms. The molecule has 0 saturated carbocycles. The number of nitrogens with one attached hydrogen (secondary N) is 2. The van der Waals surface area contributed by atoms with Gasteiger partial charge >= 0.3 is 0 Å². The minimum atomic E-state index is -1.14. The number of hydrogen-bond donors (Lipinski definition) is 6. The highest BCUT2D eigenvalue weighted by Crippen LogP contribution is 2.32. The summed E-state index contributed by atoms with van der Waals surface area (Å²) in [6.07, 6.45) is -4.24. The smallest absolute Gasteiger partial charge is 0.228 e. The molecule has 0 aromatic carbocycles. The summed E-state index contributed by atoms with van der Waals surface area (Å²) in [7, 11) is 0. The van der Waals surface area contributed by atoms with Gasteiger partial charge in [0.05, 0.1) is 18.7 Å². The van der Waals surface area contributed by atoms with Crippen molar-refractivity contribution in [1.29, 1.82) is 0 Å². The molecular weight excluding hydrogens is 268 g/mol. The number of rotatable bonds is 2. The molecule has 114 valence electrons.